The fourth-order valence-electron chi connectivity index (χ4n) is 3.89. The number of rotatable bonds is 2. The van der Waals surface area contributed by atoms with Gasteiger partial charge in [0.05, 0.1) is 0 Å². The van der Waals surface area contributed by atoms with Crippen LogP contribution in [0.15, 0.2) is 12.1 Å². The molecule has 2 aliphatic rings. The lowest BCUT2D eigenvalue weighted by Crippen LogP contribution is -2.50. The van der Waals surface area contributed by atoms with Gasteiger partial charge in [-0.25, -0.2) is 9.59 Å². The Morgan fingerprint density at radius 2 is 1.73 bits per heavy atom. The molecule has 1 aromatic heterocycles. The summed E-state index contributed by atoms with van der Waals surface area (Å²) in [5, 5.41) is 19.4. The van der Waals surface area contributed by atoms with Crippen molar-refractivity contribution in [2.75, 3.05) is 0 Å². The molecule has 1 amide bonds. The van der Waals surface area contributed by atoms with Crippen LogP contribution in [0.5, 0.6) is 11.8 Å². The highest BCUT2D eigenvalue weighted by Crippen LogP contribution is 2.40. The molecule has 1 aliphatic carbocycles. The first kappa shape index (κ1) is 18.4. The number of hydrogen-bond donors (Lipinski definition) is 2. The topological polar surface area (TPSA) is 101 Å². The van der Waals surface area contributed by atoms with E-state index in [9.17, 15) is 19.8 Å². The van der Waals surface area contributed by atoms with E-state index < -0.39 is 35.5 Å². The molecule has 2 fully saturated rings. The summed E-state index contributed by atoms with van der Waals surface area (Å²) in [6.45, 7) is 5.34. The van der Waals surface area contributed by atoms with E-state index >= 15 is 0 Å². The van der Waals surface area contributed by atoms with Crippen molar-refractivity contribution >= 4 is 12.1 Å². The van der Waals surface area contributed by atoms with Crippen LogP contribution in [0.4, 0.5) is 4.79 Å². The standard InChI is InChI=1S/C18H26N2O6/c1-18(2,3)25-17(24)19-12-7-5-4-6-11(12)10-13(19)16(23)26-20-14(21)8-9-15(20)22/h8-9,11-13,21-22H,4-7,10H2,1-3H3/t11-,12-,13?/m0/s1. The van der Waals surface area contributed by atoms with Crippen LogP contribution in [0.1, 0.15) is 52.9 Å². The molecule has 0 spiro atoms. The predicted octanol–water partition coefficient (Wildman–Crippen LogP) is 2.42. The Kier molecular flexibility index (Phi) is 4.77. The molecule has 3 rings (SSSR count). The number of aromatic nitrogens is 1. The van der Waals surface area contributed by atoms with Gasteiger partial charge in [-0.2, -0.15) is 0 Å². The van der Waals surface area contributed by atoms with Crippen molar-refractivity contribution in [2.24, 2.45) is 5.92 Å². The summed E-state index contributed by atoms with van der Waals surface area (Å²) in [5.41, 5.74) is -0.671. The summed E-state index contributed by atoms with van der Waals surface area (Å²) in [6.07, 6.45) is 3.81. The van der Waals surface area contributed by atoms with Crippen LogP contribution in [0.25, 0.3) is 0 Å². The third-order valence-electron chi connectivity index (χ3n) is 4.94. The van der Waals surface area contributed by atoms with E-state index in [0.717, 1.165) is 25.7 Å². The van der Waals surface area contributed by atoms with Crippen LogP contribution in [0, 0.1) is 5.92 Å². The number of hydrogen-bond acceptors (Lipinski definition) is 6. The van der Waals surface area contributed by atoms with Crippen molar-refractivity contribution in [3.63, 3.8) is 0 Å². The second-order valence-electron chi connectivity index (χ2n) is 8.01. The molecule has 2 N–H and O–H groups in total. The normalized spacial score (nSPS) is 25.7. The van der Waals surface area contributed by atoms with Gasteiger partial charge in [0.15, 0.2) is 0 Å². The smallest absolute Gasteiger partial charge is 0.411 e. The minimum Gasteiger partial charge on any atom is -0.492 e. The lowest BCUT2D eigenvalue weighted by molar-refractivity contribution is -0.151. The second kappa shape index (κ2) is 6.74. The molecule has 3 atom stereocenters. The first-order chi connectivity index (χ1) is 12.2. The third kappa shape index (κ3) is 3.59. The number of fused-ring (bicyclic) bond motifs is 1. The van der Waals surface area contributed by atoms with Gasteiger partial charge in [0.25, 0.3) is 0 Å². The quantitative estimate of drug-likeness (QED) is 0.834. The summed E-state index contributed by atoms with van der Waals surface area (Å²) < 4.78 is 6.16. The minimum absolute atomic E-state index is 0.0528. The molecule has 8 nitrogen and oxygen atoms in total. The van der Waals surface area contributed by atoms with Crippen molar-refractivity contribution in [1.82, 2.24) is 9.63 Å². The molecule has 26 heavy (non-hydrogen) atoms. The van der Waals surface area contributed by atoms with Crippen LogP contribution in [-0.4, -0.2) is 49.6 Å². The summed E-state index contributed by atoms with van der Waals surface area (Å²) in [7, 11) is 0. The van der Waals surface area contributed by atoms with Crippen molar-refractivity contribution in [3.05, 3.63) is 12.1 Å². The van der Waals surface area contributed by atoms with E-state index in [1.807, 2.05) is 0 Å². The molecule has 0 aromatic carbocycles. The van der Waals surface area contributed by atoms with Crippen molar-refractivity contribution in [2.45, 2.75) is 70.6 Å². The van der Waals surface area contributed by atoms with Crippen LogP contribution >= 0.6 is 0 Å². The van der Waals surface area contributed by atoms with Gasteiger partial charge in [0.1, 0.15) is 11.6 Å². The zero-order valence-electron chi connectivity index (χ0n) is 15.3. The van der Waals surface area contributed by atoms with Crippen LogP contribution < -0.4 is 4.84 Å². The summed E-state index contributed by atoms with van der Waals surface area (Å²) in [6, 6.07) is 1.56. The highest BCUT2D eigenvalue weighted by Gasteiger charge is 2.50. The van der Waals surface area contributed by atoms with Gasteiger partial charge in [0, 0.05) is 18.2 Å². The third-order valence-corrected chi connectivity index (χ3v) is 4.94. The first-order valence-corrected chi connectivity index (χ1v) is 9.00. The Bertz CT molecular complexity index is 673. The molecule has 1 saturated heterocycles. The Balaban J connectivity index is 1.82. The highest BCUT2D eigenvalue weighted by molar-refractivity contribution is 5.83. The average molecular weight is 366 g/mol. The lowest BCUT2D eigenvalue weighted by Gasteiger charge is -2.34. The highest BCUT2D eigenvalue weighted by atomic mass is 16.7. The molecule has 0 bridgehead atoms. The molecule has 2 heterocycles. The van der Waals surface area contributed by atoms with Gasteiger partial charge in [0.2, 0.25) is 11.8 Å². The number of amides is 1. The summed E-state index contributed by atoms with van der Waals surface area (Å²) in [5.74, 6) is -1.27. The fraction of sp³-hybridized carbons (Fsp3) is 0.667. The van der Waals surface area contributed by atoms with Gasteiger partial charge in [-0.05, 0) is 46.0 Å². The molecule has 0 radical (unpaired) electrons. The minimum atomic E-state index is -0.806. The monoisotopic (exact) mass is 366 g/mol. The van der Waals surface area contributed by atoms with Crippen LogP contribution in [0.2, 0.25) is 0 Å². The largest absolute Gasteiger partial charge is 0.492 e. The molecular weight excluding hydrogens is 340 g/mol. The molecule has 8 heteroatoms. The summed E-state index contributed by atoms with van der Waals surface area (Å²) >= 11 is 0. The maximum atomic E-state index is 12.8. The predicted molar refractivity (Wildman–Crippen MR) is 91.6 cm³/mol. The summed E-state index contributed by atoms with van der Waals surface area (Å²) in [4.78, 5) is 32.1. The number of carbonyl (C=O) groups is 2. The SMILES string of the molecule is CC(C)(C)OC(=O)N1C(C(=O)On2c(O)ccc2O)C[C@@H]2CCCC[C@@H]21. The average Bonchev–Trinajstić information content (AvgIpc) is 3.08. The van der Waals surface area contributed by atoms with Crippen molar-refractivity contribution in [1.29, 1.82) is 0 Å². The van der Waals surface area contributed by atoms with Gasteiger partial charge >= 0.3 is 12.1 Å². The maximum absolute atomic E-state index is 12.8. The van der Waals surface area contributed by atoms with Crippen molar-refractivity contribution < 1.29 is 29.4 Å². The number of ether oxygens (including phenoxy) is 1. The zero-order chi connectivity index (χ0) is 19.1. The maximum Gasteiger partial charge on any atom is 0.411 e. The second-order valence-corrected chi connectivity index (χ2v) is 8.01. The van der Waals surface area contributed by atoms with E-state index in [4.69, 9.17) is 9.57 Å². The molecule has 1 unspecified atom stereocenters. The zero-order valence-corrected chi connectivity index (χ0v) is 15.3. The van der Waals surface area contributed by atoms with Crippen LogP contribution in [-0.2, 0) is 9.53 Å². The Labute approximate surface area is 152 Å². The Morgan fingerprint density at radius 3 is 2.35 bits per heavy atom. The van der Waals surface area contributed by atoms with Gasteiger partial charge < -0.3 is 19.8 Å². The number of likely N-dealkylation sites (tertiary alicyclic amines) is 1. The van der Waals surface area contributed by atoms with Gasteiger partial charge in [-0.3, -0.25) is 4.90 Å². The molecular formula is C18H26N2O6. The molecule has 144 valence electrons. The number of nitrogens with zero attached hydrogens (tertiary/aromatic N) is 2. The number of aromatic hydroxyl groups is 2. The van der Waals surface area contributed by atoms with Gasteiger partial charge in [-0.15, -0.1) is 4.73 Å². The Morgan fingerprint density at radius 1 is 1.12 bits per heavy atom. The molecule has 1 aromatic rings. The van der Waals surface area contributed by atoms with E-state index in [0.29, 0.717) is 11.2 Å². The van der Waals surface area contributed by atoms with Crippen molar-refractivity contribution in [3.8, 4) is 11.8 Å². The Hall–Kier alpha value is -2.38. The van der Waals surface area contributed by atoms with E-state index in [1.54, 1.807) is 20.8 Å². The van der Waals surface area contributed by atoms with E-state index in [2.05, 4.69) is 0 Å². The van der Waals surface area contributed by atoms with E-state index in [-0.39, 0.29) is 12.0 Å². The molecule has 1 aliphatic heterocycles. The van der Waals surface area contributed by atoms with Crippen LogP contribution in [0.3, 0.4) is 0 Å². The van der Waals surface area contributed by atoms with E-state index in [1.165, 1.54) is 17.0 Å². The molecule has 1 saturated carbocycles. The lowest BCUT2D eigenvalue weighted by atomic mass is 9.85. The number of carbonyl (C=O) groups excluding carboxylic acids is 2. The fourth-order valence-corrected chi connectivity index (χ4v) is 3.89. The van der Waals surface area contributed by atoms with Gasteiger partial charge in [-0.1, -0.05) is 12.8 Å². The first-order valence-electron chi connectivity index (χ1n) is 9.00.